The molecule has 2 rings (SSSR count). The molecular formula is C11H19N5. The van der Waals surface area contributed by atoms with E-state index in [-0.39, 0.29) is 5.54 Å². The zero-order valence-electron chi connectivity index (χ0n) is 10.1. The molecule has 0 bridgehead atoms. The summed E-state index contributed by atoms with van der Waals surface area (Å²) in [6.45, 7) is 7.36. The van der Waals surface area contributed by atoms with Crippen molar-refractivity contribution < 1.29 is 0 Å². The highest BCUT2D eigenvalue weighted by atomic mass is 15.3. The van der Waals surface area contributed by atoms with E-state index in [0.717, 1.165) is 31.3 Å². The van der Waals surface area contributed by atoms with Crippen LogP contribution in [0.15, 0.2) is 12.4 Å². The third-order valence-corrected chi connectivity index (χ3v) is 2.80. The van der Waals surface area contributed by atoms with Crippen molar-refractivity contribution >= 4 is 11.6 Å². The second-order valence-corrected chi connectivity index (χ2v) is 4.74. The summed E-state index contributed by atoms with van der Waals surface area (Å²) in [5, 5.41) is 6.52. The van der Waals surface area contributed by atoms with Crippen LogP contribution in [-0.4, -0.2) is 42.2 Å². The Morgan fingerprint density at radius 1 is 1.44 bits per heavy atom. The lowest BCUT2D eigenvalue weighted by atomic mass is 10.0. The molecule has 1 aliphatic heterocycles. The summed E-state index contributed by atoms with van der Waals surface area (Å²) in [5.41, 5.74) is 0.142. The molecule has 0 saturated carbocycles. The molecule has 0 atom stereocenters. The number of aromatic nitrogens is 2. The van der Waals surface area contributed by atoms with Gasteiger partial charge in [-0.2, -0.15) is 0 Å². The SMILES string of the molecule is CNc1cc(N2CCNC(C)(C)C2)ncn1. The van der Waals surface area contributed by atoms with Crippen molar-refractivity contribution in [3.05, 3.63) is 12.4 Å². The fourth-order valence-corrected chi connectivity index (χ4v) is 1.99. The minimum atomic E-state index is 0.142. The maximum atomic E-state index is 4.32. The number of hydrogen-bond donors (Lipinski definition) is 2. The predicted octanol–water partition coefficient (Wildman–Crippen LogP) is 0.706. The molecule has 0 aromatic carbocycles. The molecular weight excluding hydrogens is 202 g/mol. The van der Waals surface area contributed by atoms with E-state index in [1.807, 2.05) is 13.1 Å². The molecule has 5 nitrogen and oxygen atoms in total. The Morgan fingerprint density at radius 2 is 2.25 bits per heavy atom. The number of nitrogens with one attached hydrogen (secondary N) is 2. The highest BCUT2D eigenvalue weighted by molar-refractivity contribution is 5.48. The first-order valence-corrected chi connectivity index (χ1v) is 5.60. The lowest BCUT2D eigenvalue weighted by Crippen LogP contribution is -2.57. The molecule has 2 N–H and O–H groups in total. The van der Waals surface area contributed by atoms with Gasteiger partial charge in [-0.3, -0.25) is 0 Å². The van der Waals surface area contributed by atoms with E-state index < -0.39 is 0 Å². The Bertz CT molecular complexity index is 363. The van der Waals surface area contributed by atoms with E-state index in [1.165, 1.54) is 0 Å². The van der Waals surface area contributed by atoms with Gasteiger partial charge in [-0.05, 0) is 13.8 Å². The van der Waals surface area contributed by atoms with Crippen molar-refractivity contribution in [1.82, 2.24) is 15.3 Å². The van der Waals surface area contributed by atoms with Gasteiger partial charge < -0.3 is 15.5 Å². The number of rotatable bonds is 2. The normalized spacial score (nSPS) is 19.6. The highest BCUT2D eigenvalue weighted by Gasteiger charge is 2.26. The van der Waals surface area contributed by atoms with E-state index in [0.29, 0.717) is 0 Å². The van der Waals surface area contributed by atoms with Crippen molar-refractivity contribution in [1.29, 1.82) is 0 Å². The van der Waals surface area contributed by atoms with Crippen LogP contribution >= 0.6 is 0 Å². The van der Waals surface area contributed by atoms with Gasteiger partial charge in [0, 0.05) is 38.3 Å². The summed E-state index contributed by atoms with van der Waals surface area (Å²) in [7, 11) is 1.87. The summed E-state index contributed by atoms with van der Waals surface area (Å²) in [5.74, 6) is 1.86. The van der Waals surface area contributed by atoms with Crippen LogP contribution in [0.1, 0.15) is 13.8 Å². The fourth-order valence-electron chi connectivity index (χ4n) is 1.99. The molecule has 16 heavy (non-hydrogen) atoms. The maximum Gasteiger partial charge on any atom is 0.134 e. The molecule has 1 fully saturated rings. The first kappa shape index (κ1) is 11.1. The van der Waals surface area contributed by atoms with Gasteiger partial charge in [-0.1, -0.05) is 0 Å². The summed E-state index contributed by atoms with van der Waals surface area (Å²) in [6, 6.07) is 1.99. The van der Waals surface area contributed by atoms with Gasteiger partial charge in [0.05, 0.1) is 0 Å². The van der Waals surface area contributed by atoms with Crippen LogP contribution < -0.4 is 15.5 Å². The average Bonchev–Trinajstić information content (AvgIpc) is 2.28. The number of anilines is 2. The van der Waals surface area contributed by atoms with Gasteiger partial charge in [0.25, 0.3) is 0 Å². The third kappa shape index (κ3) is 2.41. The van der Waals surface area contributed by atoms with Crippen LogP contribution in [0.4, 0.5) is 11.6 Å². The molecule has 0 amide bonds. The molecule has 88 valence electrons. The smallest absolute Gasteiger partial charge is 0.134 e. The first-order valence-electron chi connectivity index (χ1n) is 5.60. The lowest BCUT2D eigenvalue weighted by molar-refractivity contribution is 0.351. The summed E-state index contributed by atoms with van der Waals surface area (Å²) < 4.78 is 0. The van der Waals surface area contributed by atoms with Crippen molar-refractivity contribution in [2.45, 2.75) is 19.4 Å². The Hall–Kier alpha value is -1.36. The molecule has 1 saturated heterocycles. The maximum absolute atomic E-state index is 4.32. The van der Waals surface area contributed by atoms with Crippen LogP contribution in [0.25, 0.3) is 0 Å². The van der Waals surface area contributed by atoms with Gasteiger partial charge in [-0.25, -0.2) is 9.97 Å². The molecule has 1 aromatic rings. The molecule has 0 unspecified atom stereocenters. The standard InChI is InChI=1S/C11H19N5/c1-11(2)7-16(5-4-15-11)10-6-9(12-3)13-8-14-10/h6,8,15H,4-5,7H2,1-3H3,(H,12,13,14). The second-order valence-electron chi connectivity index (χ2n) is 4.74. The van der Waals surface area contributed by atoms with E-state index in [1.54, 1.807) is 6.33 Å². The highest BCUT2D eigenvalue weighted by Crippen LogP contribution is 2.18. The minimum Gasteiger partial charge on any atom is -0.373 e. The number of hydrogen-bond acceptors (Lipinski definition) is 5. The van der Waals surface area contributed by atoms with Crippen LogP contribution in [0.2, 0.25) is 0 Å². The van der Waals surface area contributed by atoms with Gasteiger partial charge in [0.1, 0.15) is 18.0 Å². The third-order valence-electron chi connectivity index (χ3n) is 2.80. The number of piperazine rings is 1. The molecule has 0 aliphatic carbocycles. The van der Waals surface area contributed by atoms with Crippen LogP contribution in [0.3, 0.4) is 0 Å². The fraction of sp³-hybridized carbons (Fsp3) is 0.636. The Morgan fingerprint density at radius 3 is 2.94 bits per heavy atom. The van der Waals surface area contributed by atoms with Crippen molar-refractivity contribution in [2.75, 3.05) is 36.9 Å². The molecule has 0 radical (unpaired) electrons. The summed E-state index contributed by atoms with van der Waals surface area (Å²) in [6.07, 6.45) is 1.61. The zero-order valence-corrected chi connectivity index (χ0v) is 10.1. The molecule has 5 heteroatoms. The van der Waals surface area contributed by atoms with Crippen LogP contribution in [0, 0.1) is 0 Å². The van der Waals surface area contributed by atoms with Gasteiger partial charge in [0.15, 0.2) is 0 Å². The molecule has 2 heterocycles. The second kappa shape index (κ2) is 4.25. The van der Waals surface area contributed by atoms with E-state index >= 15 is 0 Å². The Balaban J connectivity index is 2.16. The first-order chi connectivity index (χ1) is 7.61. The van der Waals surface area contributed by atoms with Crippen LogP contribution in [-0.2, 0) is 0 Å². The largest absolute Gasteiger partial charge is 0.373 e. The Kier molecular flexibility index (Phi) is 2.96. The monoisotopic (exact) mass is 221 g/mol. The predicted molar refractivity (Wildman–Crippen MR) is 65.9 cm³/mol. The van der Waals surface area contributed by atoms with E-state index in [4.69, 9.17) is 0 Å². The lowest BCUT2D eigenvalue weighted by Gasteiger charge is -2.39. The van der Waals surface area contributed by atoms with Crippen molar-refractivity contribution in [3.63, 3.8) is 0 Å². The van der Waals surface area contributed by atoms with Gasteiger partial charge in [-0.15, -0.1) is 0 Å². The topological polar surface area (TPSA) is 53.1 Å². The molecule has 0 spiro atoms. The zero-order chi connectivity index (χ0) is 11.6. The molecule has 1 aromatic heterocycles. The van der Waals surface area contributed by atoms with Crippen molar-refractivity contribution in [2.24, 2.45) is 0 Å². The van der Waals surface area contributed by atoms with Crippen molar-refractivity contribution in [3.8, 4) is 0 Å². The number of nitrogens with zero attached hydrogens (tertiary/aromatic N) is 3. The minimum absolute atomic E-state index is 0.142. The van der Waals surface area contributed by atoms with Gasteiger partial charge in [0.2, 0.25) is 0 Å². The van der Waals surface area contributed by atoms with E-state index in [9.17, 15) is 0 Å². The molecule has 1 aliphatic rings. The average molecular weight is 221 g/mol. The van der Waals surface area contributed by atoms with Crippen LogP contribution in [0.5, 0.6) is 0 Å². The Labute approximate surface area is 96.3 Å². The van der Waals surface area contributed by atoms with Gasteiger partial charge >= 0.3 is 0 Å². The summed E-state index contributed by atoms with van der Waals surface area (Å²) in [4.78, 5) is 10.7. The quantitative estimate of drug-likeness (QED) is 0.770. The van der Waals surface area contributed by atoms with E-state index in [2.05, 4.69) is 39.3 Å². The summed E-state index contributed by atoms with van der Waals surface area (Å²) >= 11 is 0.